The molecule has 0 saturated carbocycles. The maximum Gasteiger partial charge on any atom is 0.0440 e. The van der Waals surface area contributed by atoms with E-state index in [0.29, 0.717) is 0 Å². The second-order valence-electron chi connectivity index (χ2n) is 5.44. The minimum absolute atomic E-state index is 1.26. The molecule has 1 heteroatoms. The molecule has 0 N–H and O–H groups in total. The third-order valence-electron chi connectivity index (χ3n) is 3.74. The van der Waals surface area contributed by atoms with Crippen molar-refractivity contribution in [2.75, 3.05) is 19.0 Å². The summed E-state index contributed by atoms with van der Waals surface area (Å²) in [4.78, 5) is 2.17. The quantitative estimate of drug-likeness (QED) is 0.635. The van der Waals surface area contributed by atoms with Gasteiger partial charge in [-0.25, -0.2) is 0 Å². The Hall–Kier alpha value is -2.28. The number of fused-ring (bicyclic) bond motifs is 1. The van der Waals surface area contributed by atoms with Crippen molar-refractivity contribution in [3.8, 4) is 11.1 Å². The largest absolute Gasteiger partial charge is 0.377 e. The van der Waals surface area contributed by atoms with Crippen LogP contribution in [-0.2, 0) is 0 Å². The van der Waals surface area contributed by atoms with Crippen LogP contribution in [0.3, 0.4) is 0 Å². The van der Waals surface area contributed by atoms with Crippen LogP contribution >= 0.6 is 0 Å². The third kappa shape index (κ3) is 2.16. The number of nitrogens with zero attached hydrogens (tertiary/aromatic N) is 1. The molecule has 0 heterocycles. The molecule has 0 saturated heterocycles. The lowest BCUT2D eigenvalue weighted by molar-refractivity contribution is 1.14. The number of benzene rings is 3. The minimum atomic E-state index is 1.26. The van der Waals surface area contributed by atoms with Gasteiger partial charge in [-0.05, 0) is 29.5 Å². The van der Waals surface area contributed by atoms with Crippen LogP contribution in [0.2, 0.25) is 0 Å². The minimum Gasteiger partial charge on any atom is -0.377 e. The van der Waals surface area contributed by atoms with Gasteiger partial charge in [0.05, 0.1) is 0 Å². The number of anilines is 1. The Balaban J connectivity index is 2.27. The van der Waals surface area contributed by atoms with Gasteiger partial charge in [-0.3, -0.25) is 0 Å². The molecule has 0 radical (unpaired) electrons. The number of hydrogen-bond donors (Lipinski definition) is 0. The average molecular weight is 261 g/mol. The van der Waals surface area contributed by atoms with Gasteiger partial charge in [0, 0.05) is 25.2 Å². The summed E-state index contributed by atoms with van der Waals surface area (Å²) in [5, 5.41) is 2.61. The van der Waals surface area contributed by atoms with Crippen molar-refractivity contribution in [2.24, 2.45) is 0 Å². The summed E-state index contributed by atoms with van der Waals surface area (Å²) in [7, 11) is 4.18. The maximum atomic E-state index is 2.21. The van der Waals surface area contributed by atoms with Crippen LogP contribution < -0.4 is 4.90 Å². The van der Waals surface area contributed by atoms with E-state index in [-0.39, 0.29) is 0 Å². The fraction of sp³-hybridized carbons (Fsp3) is 0.158. The maximum absolute atomic E-state index is 2.21. The highest BCUT2D eigenvalue weighted by Gasteiger charge is 2.07. The smallest absolute Gasteiger partial charge is 0.0440 e. The van der Waals surface area contributed by atoms with Crippen molar-refractivity contribution >= 4 is 16.5 Å². The molecule has 0 aromatic heterocycles. The highest BCUT2D eigenvalue weighted by molar-refractivity contribution is 6.03. The summed E-state index contributed by atoms with van der Waals surface area (Å²) in [6.45, 7) is 2.12. The highest BCUT2D eigenvalue weighted by atomic mass is 15.1. The molecule has 0 unspecified atom stereocenters. The zero-order valence-corrected chi connectivity index (χ0v) is 12.2. The lowest BCUT2D eigenvalue weighted by atomic mass is 9.96. The molecule has 1 nitrogen and oxygen atoms in total. The topological polar surface area (TPSA) is 3.24 Å². The molecule has 0 bridgehead atoms. The van der Waals surface area contributed by atoms with Crippen LogP contribution in [0.1, 0.15) is 5.56 Å². The first-order valence-electron chi connectivity index (χ1n) is 6.93. The first-order chi connectivity index (χ1) is 9.66. The van der Waals surface area contributed by atoms with Crippen molar-refractivity contribution in [1.82, 2.24) is 0 Å². The molecular weight excluding hydrogens is 242 g/mol. The Labute approximate surface area is 120 Å². The fourth-order valence-corrected chi connectivity index (χ4v) is 2.67. The predicted molar refractivity (Wildman–Crippen MR) is 88.4 cm³/mol. The van der Waals surface area contributed by atoms with E-state index < -0.39 is 0 Å². The zero-order chi connectivity index (χ0) is 14.1. The molecule has 0 aliphatic carbocycles. The van der Waals surface area contributed by atoms with E-state index in [1.54, 1.807) is 0 Å². The van der Waals surface area contributed by atoms with E-state index in [4.69, 9.17) is 0 Å². The molecule has 3 aromatic rings. The first kappa shape index (κ1) is 12.7. The molecule has 3 aromatic carbocycles. The van der Waals surface area contributed by atoms with Gasteiger partial charge < -0.3 is 4.90 Å². The van der Waals surface area contributed by atoms with E-state index in [1.165, 1.54) is 33.2 Å². The third-order valence-corrected chi connectivity index (χ3v) is 3.74. The van der Waals surface area contributed by atoms with E-state index in [1.807, 2.05) is 0 Å². The van der Waals surface area contributed by atoms with Crippen molar-refractivity contribution in [3.05, 3.63) is 66.2 Å². The first-order valence-corrected chi connectivity index (χ1v) is 6.93. The van der Waals surface area contributed by atoms with E-state index in [9.17, 15) is 0 Å². The molecule has 3 rings (SSSR count). The monoisotopic (exact) mass is 261 g/mol. The van der Waals surface area contributed by atoms with Crippen LogP contribution in [0.4, 0.5) is 5.69 Å². The van der Waals surface area contributed by atoms with Crippen molar-refractivity contribution in [3.63, 3.8) is 0 Å². The molecule has 0 spiro atoms. The van der Waals surface area contributed by atoms with Crippen molar-refractivity contribution < 1.29 is 0 Å². The van der Waals surface area contributed by atoms with Crippen LogP contribution in [0.5, 0.6) is 0 Å². The van der Waals surface area contributed by atoms with Gasteiger partial charge in [0.25, 0.3) is 0 Å². The van der Waals surface area contributed by atoms with Gasteiger partial charge in [0.15, 0.2) is 0 Å². The Kier molecular flexibility index (Phi) is 3.19. The molecule has 20 heavy (non-hydrogen) atoms. The van der Waals surface area contributed by atoms with E-state index in [2.05, 4.69) is 86.6 Å². The van der Waals surface area contributed by atoms with Crippen molar-refractivity contribution in [2.45, 2.75) is 6.92 Å². The Morgan fingerprint density at radius 1 is 0.700 bits per heavy atom. The van der Waals surface area contributed by atoms with Gasteiger partial charge in [-0.2, -0.15) is 0 Å². The van der Waals surface area contributed by atoms with Gasteiger partial charge in [0.1, 0.15) is 0 Å². The fourth-order valence-electron chi connectivity index (χ4n) is 2.67. The summed E-state index contributed by atoms with van der Waals surface area (Å²) in [6, 6.07) is 21.8. The Morgan fingerprint density at radius 2 is 1.35 bits per heavy atom. The molecule has 0 fully saturated rings. The zero-order valence-electron chi connectivity index (χ0n) is 12.2. The molecule has 0 amide bonds. The normalized spacial score (nSPS) is 10.8. The van der Waals surface area contributed by atoms with Crippen LogP contribution in [0.25, 0.3) is 21.9 Å². The molecule has 0 atom stereocenters. The highest BCUT2D eigenvalue weighted by Crippen LogP contribution is 2.33. The summed E-state index contributed by atoms with van der Waals surface area (Å²) in [5.41, 5.74) is 5.13. The number of rotatable bonds is 2. The van der Waals surface area contributed by atoms with Gasteiger partial charge in [-0.15, -0.1) is 0 Å². The number of aryl methyl sites for hydroxylation is 1. The van der Waals surface area contributed by atoms with Gasteiger partial charge >= 0.3 is 0 Å². The summed E-state index contributed by atoms with van der Waals surface area (Å²) >= 11 is 0. The second kappa shape index (κ2) is 5.01. The summed E-state index contributed by atoms with van der Waals surface area (Å²) in [5.74, 6) is 0. The molecular formula is C19H19N. The predicted octanol–water partition coefficient (Wildman–Crippen LogP) is 4.88. The van der Waals surface area contributed by atoms with Crippen LogP contribution in [0.15, 0.2) is 60.7 Å². The average Bonchev–Trinajstić information content (AvgIpc) is 2.47. The van der Waals surface area contributed by atoms with Gasteiger partial charge in [-0.1, -0.05) is 60.2 Å². The lowest BCUT2D eigenvalue weighted by Gasteiger charge is -2.17. The SMILES string of the molecule is Cc1ccc(-c2cccc3c(N(C)C)cccc23)cc1. The van der Waals surface area contributed by atoms with Crippen LogP contribution in [-0.4, -0.2) is 14.1 Å². The second-order valence-corrected chi connectivity index (χ2v) is 5.44. The van der Waals surface area contributed by atoms with Gasteiger partial charge in [0.2, 0.25) is 0 Å². The summed E-state index contributed by atoms with van der Waals surface area (Å²) in [6.07, 6.45) is 0. The Bertz CT molecular complexity index is 739. The summed E-state index contributed by atoms with van der Waals surface area (Å²) < 4.78 is 0. The van der Waals surface area contributed by atoms with Crippen molar-refractivity contribution in [1.29, 1.82) is 0 Å². The Morgan fingerprint density at radius 3 is 2.05 bits per heavy atom. The molecule has 100 valence electrons. The van der Waals surface area contributed by atoms with E-state index in [0.717, 1.165) is 0 Å². The number of hydrogen-bond acceptors (Lipinski definition) is 1. The molecule has 0 aliphatic heterocycles. The lowest BCUT2D eigenvalue weighted by Crippen LogP contribution is -2.08. The van der Waals surface area contributed by atoms with E-state index >= 15 is 0 Å². The molecule has 0 aliphatic rings. The van der Waals surface area contributed by atoms with Crippen LogP contribution in [0, 0.1) is 6.92 Å². The standard InChI is InChI=1S/C19H19N/c1-14-10-12-15(13-11-14)16-6-4-8-18-17(16)7-5-9-19(18)20(2)3/h4-13H,1-3H3.